The van der Waals surface area contributed by atoms with Crippen molar-refractivity contribution in [2.45, 2.75) is 32.9 Å². The maximum absolute atomic E-state index is 11.6. The van der Waals surface area contributed by atoms with Gasteiger partial charge in [-0.1, -0.05) is 5.16 Å². The Hall–Kier alpha value is -1.36. The zero-order chi connectivity index (χ0) is 11.5. The molecule has 0 fully saturated rings. The molecule has 0 bridgehead atoms. The summed E-state index contributed by atoms with van der Waals surface area (Å²) in [6.45, 7) is 5.84. The monoisotopic (exact) mass is 211 g/mol. The van der Waals surface area contributed by atoms with E-state index in [0.29, 0.717) is 6.54 Å². The van der Waals surface area contributed by atoms with Gasteiger partial charge in [0.05, 0.1) is 12.1 Å². The van der Waals surface area contributed by atoms with Gasteiger partial charge in [-0.2, -0.15) is 0 Å². The number of aromatic nitrogens is 1. The number of hydrogen-bond donors (Lipinski definition) is 2. The van der Waals surface area contributed by atoms with Crippen molar-refractivity contribution < 1.29 is 9.32 Å². The van der Waals surface area contributed by atoms with E-state index < -0.39 is 5.54 Å². The van der Waals surface area contributed by atoms with Gasteiger partial charge in [-0.3, -0.25) is 4.79 Å². The SMILES string of the molecule is CNC(C)(C)C(=O)NCc1cc(C)on1. The van der Waals surface area contributed by atoms with Crippen LogP contribution >= 0.6 is 0 Å². The molecular formula is C10H17N3O2. The van der Waals surface area contributed by atoms with Gasteiger partial charge >= 0.3 is 0 Å². The van der Waals surface area contributed by atoms with Crippen molar-refractivity contribution in [1.29, 1.82) is 0 Å². The van der Waals surface area contributed by atoms with Gasteiger partial charge in [-0.05, 0) is 27.8 Å². The second kappa shape index (κ2) is 4.44. The lowest BCUT2D eigenvalue weighted by molar-refractivity contribution is -0.126. The van der Waals surface area contributed by atoms with Gasteiger partial charge < -0.3 is 15.2 Å². The summed E-state index contributed by atoms with van der Waals surface area (Å²) in [5, 5.41) is 9.49. The molecule has 0 aromatic carbocycles. The fraction of sp³-hybridized carbons (Fsp3) is 0.600. The average molecular weight is 211 g/mol. The summed E-state index contributed by atoms with van der Waals surface area (Å²) in [4.78, 5) is 11.6. The van der Waals surface area contributed by atoms with Crippen LogP contribution in [0.5, 0.6) is 0 Å². The highest BCUT2D eigenvalue weighted by atomic mass is 16.5. The summed E-state index contributed by atoms with van der Waals surface area (Å²) >= 11 is 0. The molecule has 5 nitrogen and oxygen atoms in total. The first-order valence-electron chi connectivity index (χ1n) is 4.85. The number of hydrogen-bond acceptors (Lipinski definition) is 4. The predicted molar refractivity (Wildman–Crippen MR) is 56.2 cm³/mol. The Morgan fingerprint density at radius 2 is 2.27 bits per heavy atom. The molecule has 1 aromatic rings. The topological polar surface area (TPSA) is 67.2 Å². The lowest BCUT2D eigenvalue weighted by Crippen LogP contribution is -2.50. The van der Waals surface area contributed by atoms with Gasteiger partial charge in [0.25, 0.3) is 0 Å². The minimum Gasteiger partial charge on any atom is -0.361 e. The summed E-state index contributed by atoms with van der Waals surface area (Å²) < 4.78 is 4.89. The molecule has 1 rings (SSSR count). The van der Waals surface area contributed by atoms with Crippen LogP contribution in [0.2, 0.25) is 0 Å². The van der Waals surface area contributed by atoms with Gasteiger partial charge in [0.15, 0.2) is 0 Å². The fourth-order valence-corrected chi connectivity index (χ4v) is 1.01. The Morgan fingerprint density at radius 1 is 1.60 bits per heavy atom. The molecule has 5 heteroatoms. The Bertz CT molecular complexity index is 344. The Kier molecular flexibility index (Phi) is 3.47. The van der Waals surface area contributed by atoms with Crippen molar-refractivity contribution in [2.75, 3.05) is 7.05 Å². The zero-order valence-electron chi connectivity index (χ0n) is 9.55. The number of carbonyl (C=O) groups is 1. The summed E-state index contributed by atoms with van der Waals surface area (Å²) in [7, 11) is 1.75. The van der Waals surface area contributed by atoms with E-state index in [9.17, 15) is 4.79 Å². The van der Waals surface area contributed by atoms with Crippen LogP contribution in [-0.4, -0.2) is 23.7 Å². The molecule has 1 heterocycles. The summed E-state index contributed by atoms with van der Waals surface area (Å²) in [6, 6.07) is 1.80. The smallest absolute Gasteiger partial charge is 0.240 e. The van der Waals surface area contributed by atoms with E-state index in [1.165, 1.54) is 0 Å². The maximum Gasteiger partial charge on any atom is 0.240 e. The van der Waals surface area contributed by atoms with Gasteiger partial charge in [-0.25, -0.2) is 0 Å². The third kappa shape index (κ3) is 3.06. The van der Waals surface area contributed by atoms with Crippen molar-refractivity contribution in [3.05, 3.63) is 17.5 Å². The second-order valence-electron chi connectivity index (χ2n) is 3.99. The molecule has 1 amide bonds. The zero-order valence-corrected chi connectivity index (χ0v) is 9.55. The van der Waals surface area contributed by atoms with Crippen LogP contribution in [-0.2, 0) is 11.3 Å². The molecule has 2 N–H and O–H groups in total. The van der Waals surface area contributed by atoms with Crippen LogP contribution in [0.3, 0.4) is 0 Å². The van der Waals surface area contributed by atoms with Crippen molar-refractivity contribution in [3.63, 3.8) is 0 Å². The van der Waals surface area contributed by atoms with Crippen molar-refractivity contribution in [3.8, 4) is 0 Å². The highest BCUT2D eigenvalue weighted by Gasteiger charge is 2.24. The molecule has 0 aliphatic heterocycles. The first-order chi connectivity index (χ1) is 6.95. The third-order valence-electron chi connectivity index (χ3n) is 2.30. The van der Waals surface area contributed by atoms with Gasteiger partial charge in [0.1, 0.15) is 11.5 Å². The minimum absolute atomic E-state index is 0.0642. The van der Waals surface area contributed by atoms with Crippen LogP contribution in [0, 0.1) is 6.92 Å². The Labute approximate surface area is 89.2 Å². The molecule has 0 unspecified atom stereocenters. The number of carbonyl (C=O) groups excluding carboxylic acids is 1. The molecule has 0 saturated carbocycles. The van der Waals surface area contributed by atoms with E-state index in [-0.39, 0.29) is 5.91 Å². The van der Waals surface area contributed by atoms with Crippen LogP contribution < -0.4 is 10.6 Å². The van der Waals surface area contributed by atoms with Crippen molar-refractivity contribution in [1.82, 2.24) is 15.8 Å². The van der Waals surface area contributed by atoms with E-state index in [0.717, 1.165) is 11.5 Å². The van der Waals surface area contributed by atoms with E-state index >= 15 is 0 Å². The Morgan fingerprint density at radius 3 is 2.73 bits per heavy atom. The van der Waals surface area contributed by atoms with Crippen LogP contribution in [0.4, 0.5) is 0 Å². The number of rotatable bonds is 4. The Balaban J connectivity index is 2.47. The van der Waals surface area contributed by atoms with Crippen molar-refractivity contribution >= 4 is 5.91 Å². The molecule has 15 heavy (non-hydrogen) atoms. The molecule has 0 saturated heterocycles. The van der Waals surface area contributed by atoms with Gasteiger partial charge in [0, 0.05) is 6.07 Å². The van der Waals surface area contributed by atoms with Crippen LogP contribution in [0.1, 0.15) is 25.3 Å². The van der Waals surface area contributed by atoms with Gasteiger partial charge in [0.2, 0.25) is 5.91 Å². The molecule has 0 atom stereocenters. The van der Waals surface area contributed by atoms with Crippen LogP contribution in [0.15, 0.2) is 10.6 Å². The predicted octanol–water partition coefficient (Wildman–Crippen LogP) is 0.597. The number of nitrogens with one attached hydrogen (secondary N) is 2. The first kappa shape index (κ1) is 11.7. The largest absolute Gasteiger partial charge is 0.361 e. The number of nitrogens with zero attached hydrogens (tertiary/aromatic N) is 1. The lowest BCUT2D eigenvalue weighted by Gasteiger charge is -2.22. The fourth-order valence-electron chi connectivity index (χ4n) is 1.01. The quantitative estimate of drug-likeness (QED) is 0.765. The number of amides is 1. The number of likely N-dealkylation sites (N-methyl/N-ethyl adjacent to an activating group) is 1. The highest BCUT2D eigenvalue weighted by Crippen LogP contribution is 2.03. The lowest BCUT2D eigenvalue weighted by atomic mass is 10.1. The molecule has 0 aliphatic rings. The van der Waals surface area contributed by atoms with Crippen LogP contribution in [0.25, 0.3) is 0 Å². The van der Waals surface area contributed by atoms with E-state index in [4.69, 9.17) is 4.52 Å². The second-order valence-corrected chi connectivity index (χ2v) is 3.99. The minimum atomic E-state index is -0.571. The molecule has 1 aromatic heterocycles. The first-order valence-corrected chi connectivity index (χ1v) is 4.85. The van der Waals surface area contributed by atoms with Gasteiger partial charge in [-0.15, -0.1) is 0 Å². The maximum atomic E-state index is 11.6. The molecule has 0 aliphatic carbocycles. The van der Waals surface area contributed by atoms with Crippen molar-refractivity contribution in [2.24, 2.45) is 0 Å². The molecule has 0 spiro atoms. The third-order valence-corrected chi connectivity index (χ3v) is 2.30. The van der Waals surface area contributed by atoms with E-state index in [2.05, 4.69) is 15.8 Å². The van der Waals surface area contributed by atoms with E-state index in [1.54, 1.807) is 13.1 Å². The molecule has 84 valence electrons. The number of aryl methyl sites for hydroxylation is 1. The highest BCUT2D eigenvalue weighted by molar-refractivity contribution is 5.85. The summed E-state index contributed by atoms with van der Waals surface area (Å²) in [5.41, 5.74) is 0.159. The average Bonchev–Trinajstić information content (AvgIpc) is 2.60. The normalized spacial score (nSPS) is 11.5. The van der Waals surface area contributed by atoms with E-state index in [1.807, 2.05) is 20.8 Å². The standard InChI is InChI=1S/C10H17N3O2/c1-7-5-8(13-15-7)6-12-9(14)10(2,3)11-4/h5,11H,6H2,1-4H3,(H,12,14). The summed E-state index contributed by atoms with van der Waals surface area (Å²) in [5.74, 6) is 0.678. The summed E-state index contributed by atoms with van der Waals surface area (Å²) in [6.07, 6.45) is 0. The molecular weight excluding hydrogens is 194 g/mol. The molecule has 0 radical (unpaired) electrons.